The number of para-hydroxylation sites is 1. The number of halogens is 2. The second kappa shape index (κ2) is 4.73. The van der Waals surface area contributed by atoms with Gasteiger partial charge in [-0.15, -0.1) is 0 Å². The van der Waals surface area contributed by atoms with Crippen molar-refractivity contribution in [1.82, 2.24) is 0 Å². The van der Waals surface area contributed by atoms with Gasteiger partial charge in [0.25, 0.3) is 0 Å². The molecule has 0 aliphatic heterocycles. The molecule has 0 unspecified atom stereocenters. The molecule has 0 bridgehead atoms. The number of rotatable bonds is 3. The third-order valence-corrected chi connectivity index (χ3v) is 2.63. The molecule has 0 aromatic heterocycles. The highest BCUT2D eigenvalue weighted by molar-refractivity contribution is 6.39. The largest absolute Gasteiger partial charge is 0.370 e. The number of nitrogens with zero attached hydrogens (tertiary/aromatic N) is 1. The summed E-state index contributed by atoms with van der Waals surface area (Å²) in [7, 11) is 0. The summed E-state index contributed by atoms with van der Waals surface area (Å²) in [6.45, 7) is 6.01. The molecule has 0 radical (unpaired) electrons. The lowest BCUT2D eigenvalue weighted by molar-refractivity contribution is 0.866. The lowest BCUT2D eigenvalue weighted by Gasteiger charge is -2.23. The van der Waals surface area contributed by atoms with Crippen molar-refractivity contribution in [3.05, 3.63) is 28.2 Å². The van der Waals surface area contributed by atoms with E-state index in [0.29, 0.717) is 0 Å². The summed E-state index contributed by atoms with van der Waals surface area (Å²) in [5.41, 5.74) is 0.941. The van der Waals surface area contributed by atoms with E-state index in [1.54, 1.807) is 0 Å². The highest BCUT2D eigenvalue weighted by atomic mass is 35.5. The minimum atomic E-state index is 0.719. The fourth-order valence-corrected chi connectivity index (χ4v) is 1.97. The summed E-state index contributed by atoms with van der Waals surface area (Å²) in [4.78, 5) is 2.14. The van der Waals surface area contributed by atoms with Crippen molar-refractivity contribution in [3.8, 4) is 0 Å². The molecule has 0 heterocycles. The minimum Gasteiger partial charge on any atom is -0.370 e. The van der Waals surface area contributed by atoms with Gasteiger partial charge in [0, 0.05) is 13.1 Å². The SMILES string of the molecule is CCN(CC)c1c(Cl)cccc1Cl. The first-order valence-electron chi connectivity index (χ1n) is 4.39. The van der Waals surface area contributed by atoms with E-state index in [1.807, 2.05) is 18.2 Å². The first-order valence-corrected chi connectivity index (χ1v) is 5.15. The quantitative estimate of drug-likeness (QED) is 0.744. The van der Waals surface area contributed by atoms with Crippen molar-refractivity contribution in [2.24, 2.45) is 0 Å². The number of hydrogen-bond acceptors (Lipinski definition) is 1. The monoisotopic (exact) mass is 217 g/mol. The molecule has 0 fully saturated rings. The zero-order valence-corrected chi connectivity index (χ0v) is 9.36. The Morgan fingerprint density at radius 2 is 1.54 bits per heavy atom. The topological polar surface area (TPSA) is 3.24 Å². The zero-order chi connectivity index (χ0) is 9.84. The predicted molar refractivity (Wildman–Crippen MR) is 60.0 cm³/mol. The Bertz CT molecular complexity index is 262. The van der Waals surface area contributed by atoms with Crippen molar-refractivity contribution >= 4 is 28.9 Å². The molecule has 0 N–H and O–H groups in total. The second-order valence-corrected chi connectivity index (χ2v) is 3.56. The fourth-order valence-electron chi connectivity index (χ4n) is 1.33. The maximum absolute atomic E-state index is 6.06. The Labute approximate surface area is 89.3 Å². The first kappa shape index (κ1) is 10.7. The Morgan fingerprint density at radius 1 is 1.08 bits per heavy atom. The van der Waals surface area contributed by atoms with E-state index in [-0.39, 0.29) is 0 Å². The van der Waals surface area contributed by atoms with E-state index >= 15 is 0 Å². The Morgan fingerprint density at radius 3 is 1.92 bits per heavy atom. The molecule has 0 saturated heterocycles. The summed E-state index contributed by atoms with van der Waals surface area (Å²) in [5.74, 6) is 0. The Balaban J connectivity index is 3.10. The van der Waals surface area contributed by atoms with Crippen LogP contribution in [0.25, 0.3) is 0 Å². The van der Waals surface area contributed by atoms with Crippen LogP contribution in [0.15, 0.2) is 18.2 Å². The van der Waals surface area contributed by atoms with Crippen molar-refractivity contribution in [1.29, 1.82) is 0 Å². The number of hydrogen-bond donors (Lipinski definition) is 0. The van der Waals surface area contributed by atoms with E-state index in [0.717, 1.165) is 28.8 Å². The fraction of sp³-hybridized carbons (Fsp3) is 0.400. The van der Waals surface area contributed by atoms with Crippen molar-refractivity contribution in [3.63, 3.8) is 0 Å². The third-order valence-electron chi connectivity index (χ3n) is 2.02. The molecule has 0 aliphatic rings. The molecule has 1 aromatic carbocycles. The van der Waals surface area contributed by atoms with Crippen LogP contribution in [0.5, 0.6) is 0 Å². The molecule has 3 heteroatoms. The van der Waals surface area contributed by atoms with Crippen LogP contribution in [0.3, 0.4) is 0 Å². The highest BCUT2D eigenvalue weighted by Crippen LogP contribution is 2.32. The van der Waals surface area contributed by atoms with Crippen LogP contribution in [0, 0.1) is 0 Å². The van der Waals surface area contributed by atoms with E-state index in [1.165, 1.54) is 0 Å². The van der Waals surface area contributed by atoms with E-state index in [4.69, 9.17) is 23.2 Å². The van der Waals surface area contributed by atoms with E-state index in [9.17, 15) is 0 Å². The molecule has 1 aromatic rings. The van der Waals surface area contributed by atoms with Crippen LogP contribution < -0.4 is 4.90 Å². The zero-order valence-electron chi connectivity index (χ0n) is 7.85. The molecule has 13 heavy (non-hydrogen) atoms. The maximum atomic E-state index is 6.06. The molecule has 0 atom stereocenters. The summed E-state index contributed by atoms with van der Waals surface area (Å²) in [5, 5.41) is 1.44. The minimum absolute atomic E-state index is 0.719. The van der Waals surface area contributed by atoms with Crippen LogP contribution in [0.1, 0.15) is 13.8 Å². The molecule has 72 valence electrons. The van der Waals surface area contributed by atoms with Gasteiger partial charge in [-0.25, -0.2) is 0 Å². The van der Waals surface area contributed by atoms with Gasteiger partial charge in [0.05, 0.1) is 15.7 Å². The maximum Gasteiger partial charge on any atom is 0.0744 e. The molecular weight excluding hydrogens is 205 g/mol. The van der Waals surface area contributed by atoms with Crippen LogP contribution in [-0.4, -0.2) is 13.1 Å². The molecule has 0 aliphatic carbocycles. The van der Waals surface area contributed by atoms with Crippen LogP contribution in [-0.2, 0) is 0 Å². The number of anilines is 1. The van der Waals surface area contributed by atoms with Gasteiger partial charge in [0.2, 0.25) is 0 Å². The van der Waals surface area contributed by atoms with Crippen molar-refractivity contribution in [2.75, 3.05) is 18.0 Å². The second-order valence-electron chi connectivity index (χ2n) is 2.74. The molecule has 0 spiro atoms. The van der Waals surface area contributed by atoms with Crippen LogP contribution in [0.2, 0.25) is 10.0 Å². The van der Waals surface area contributed by atoms with Gasteiger partial charge >= 0.3 is 0 Å². The molecule has 1 nitrogen and oxygen atoms in total. The molecule has 0 saturated carbocycles. The van der Waals surface area contributed by atoms with Gasteiger partial charge < -0.3 is 4.90 Å². The van der Waals surface area contributed by atoms with E-state index < -0.39 is 0 Å². The van der Waals surface area contributed by atoms with Crippen LogP contribution in [0.4, 0.5) is 5.69 Å². The summed E-state index contributed by atoms with van der Waals surface area (Å²) < 4.78 is 0. The molecular formula is C10H13Cl2N. The summed E-state index contributed by atoms with van der Waals surface area (Å²) in [6.07, 6.45) is 0. The normalized spacial score (nSPS) is 10.2. The molecule has 0 amide bonds. The summed E-state index contributed by atoms with van der Waals surface area (Å²) in [6, 6.07) is 5.58. The van der Waals surface area contributed by atoms with Crippen molar-refractivity contribution in [2.45, 2.75) is 13.8 Å². The van der Waals surface area contributed by atoms with Gasteiger partial charge in [0.1, 0.15) is 0 Å². The van der Waals surface area contributed by atoms with Gasteiger partial charge in [0.15, 0.2) is 0 Å². The van der Waals surface area contributed by atoms with Gasteiger partial charge in [-0.1, -0.05) is 29.3 Å². The predicted octanol–water partition coefficient (Wildman–Crippen LogP) is 3.84. The van der Waals surface area contributed by atoms with E-state index in [2.05, 4.69) is 18.7 Å². The third kappa shape index (κ3) is 2.29. The van der Waals surface area contributed by atoms with Gasteiger partial charge in [-0.2, -0.15) is 0 Å². The highest BCUT2D eigenvalue weighted by Gasteiger charge is 2.10. The van der Waals surface area contributed by atoms with Gasteiger partial charge in [-0.3, -0.25) is 0 Å². The Kier molecular flexibility index (Phi) is 3.89. The average Bonchev–Trinajstić information content (AvgIpc) is 2.11. The van der Waals surface area contributed by atoms with Crippen LogP contribution >= 0.6 is 23.2 Å². The smallest absolute Gasteiger partial charge is 0.0744 e. The lowest BCUT2D eigenvalue weighted by Crippen LogP contribution is -2.22. The standard InChI is InChI=1S/C10H13Cl2N/c1-3-13(4-2)10-8(11)6-5-7-9(10)12/h5-7H,3-4H2,1-2H3. The Hall–Kier alpha value is -0.400. The summed E-state index contributed by atoms with van der Waals surface area (Å²) >= 11 is 12.1. The lowest BCUT2D eigenvalue weighted by atomic mass is 10.3. The molecule has 1 rings (SSSR count). The average molecular weight is 218 g/mol. The number of benzene rings is 1. The van der Waals surface area contributed by atoms with Gasteiger partial charge in [-0.05, 0) is 26.0 Å². The van der Waals surface area contributed by atoms with Crippen molar-refractivity contribution < 1.29 is 0 Å². The first-order chi connectivity index (χ1) is 6.20.